The van der Waals surface area contributed by atoms with Gasteiger partial charge in [0.25, 0.3) is 0 Å². The van der Waals surface area contributed by atoms with E-state index in [0.29, 0.717) is 5.92 Å². The zero-order valence-electron chi connectivity index (χ0n) is 13.2. The molecule has 0 aromatic carbocycles. The van der Waals surface area contributed by atoms with E-state index in [1.165, 1.54) is 4.90 Å². The van der Waals surface area contributed by atoms with Crippen LogP contribution in [-0.2, 0) is 9.59 Å². The summed E-state index contributed by atoms with van der Waals surface area (Å²) in [5, 5.41) is 2.39. The van der Waals surface area contributed by atoms with Crippen molar-refractivity contribution in [2.45, 2.75) is 65.3 Å². The summed E-state index contributed by atoms with van der Waals surface area (Å²) in [4.78, 5) is 38.1. The number of nitrogens with zero attached hydrogens (tertiary/aromatic N) is 1. The van der Waals surface area contributed by atoms with E-state index in [2.05, 4.69) is 19.2 Å². The highest BCUT2D eigenvalue weighted by Gasteiger charge is 2.46. The summed E-state index contributed by atoms with van der Waals surface area (Å²) < 4.78 is 0. The minimum Gasteiger partial charge on any atom is -0.277 e. The molecule has 1 saturated heterocycles. The molecule has 1 saturated carbocycles. The number of imide groups is 2. The Hall–Kier alpha value is -1.39. The van der Waals surface area contributed by atoms with Crippen molar-refractivity contribution in [3.05, 3.63) is 0 Å². The molecule has 0 aromatic heterocycles. The highest BCUT2D eigenvalue weighted by molar-refractivity contribution is 6.16. The molecule has 0 aromatic rings. The summed E-state index contributed by atoms with van der Waals surface area (Å²) in [5.74, 6) is -0.799. The molecular formula is C16H26N2O3. The van der Waals surface area contributed by atoms with Crippen molar-refractivity contribution in [2.75, 3.05) is 0 Å². The zero-order chi connectivity index (χ0) is 15.6. The Morgan fingerprint density at radius 1 is 1.19 bits per heavy atom. The van der Waals surface area contributed by atoms with Crippen molar-refractivity contribution in [2.24, 2.45) is 17.8 Å². The number of nitrogens with one attached hydrogen (secondary N) is 1. The second-order valence-electron chi connectivity index (χ2n) is 6.62. The van der Waals surface area contributed by atoms with E-state index in [1.807, 2.05) is 6.92 Å². The second kappa shape index (κ2) is 6.58. The third-order valence-electron chi connectivity index (χ3n) is 4.99. The van der Waals surface area contributed by atoms with E-state index in [0.717, 1.165) is 38.5 Å². The second-order valence-corrected chi connectivity index (χ2v) is 6.62. The smallest absolute Gasteiger partial charge is 0.277 e. The van der Waals surface area contributed by atoms with Crippen LogP contribution >= 0.6 is 0 Å². The molecule has 3 unspecified atom stereocenters. The van der Waals surface area contributed by atoms with E-state index >= 15 is 0 Å². The molecule has 5 heteroatoms. The standard InChI is InChI=1S/C16H26N2O3/c1-4-10(2)9-11(3)18-15(20)13(12-7-5-6-8-12)14(19)17-16(18)21/h10-13H,4-9H2,1-3H3,(H,17,19,21). The van der Waals surface area contributed by atoms with Crippen LogP contribution in [0, 0.1) is 17.8 Å². The van der Waals surface area contributed by atoms with Gasteiger partial charge in [0.2, 0.25) is 11.8 Å². The molecule has 1 heterocycles. The lowest BCUT2D eigenvalue weighted by Gasteiger charge is -2.37. The van der Waals surface area contributed by atoms with Crippen molar-refractivity contribution >= 4 is 17.8 Å². The summed E-state index contributed by atoms with van der Waals surface area (Å²) in [6.45, 7) is 6.11. The zero-order valence-corrected chi connectivity index (χ0v) is 13.2. The quantitative estimate of drug-likeness (QED) is 0.793. The Morgan fingerprint density at radius 3 is 2.38 bits per heavy atom. The van der Waals surface area contributed by atoms with Gasteiger partial charge in [-0.25, -0.2) is 4.79 Å². The van der Waals surface area contributed by atoms with Gasteiger partial charge in [-0.15, -0.1) is 0 Å². The molecular weight excluding hydrogens is 268 g/mol. The molecule has 2 rings (SSSR count). The van der Waals surface area contributed by atoms with Gasteiger partial charge in [-0.3, -0.25) is 19.8 Å². The van der Waals surface area contributed by atoms with Crippen LogP contribution in [-0.4, -0.2) is 28.8 Å². The summed E-state index contributed by atoms with van der Waals surface area (Å²) in [6.07, 6.45) is 5.74. The molecule has 0 radical (unpaired) electrons. The molecule has 1 N–H and O–H groups in total. The SMILES string of the molecule is CCC(C)CC(C)N1C(=O)NC(=O)C(C2CCCC2)C1=O. The minimum absolute atomic E-state index is 0.101. The fraction of sp³-hybridized carbons (Fsp3) is 0.812. The molecule has 0 spiro atoms. The van der Waals surface area contributed by atoms with Gasteiger partial charge in [-0.05, 0) is 38.0 Å². The van der Waals surface area contributed by atoms with Gasteiger partial charge in [0.15, 0.2) is 0 Å². The molecule has 0 bridgehead atoms. The van der Waals surface area contributed by atoms with E-state index in [1.54, 1.807) is 0 Å². The molecule has 4 amide bonds. The van der Waals surface area contributed by atoms with Crippen LogP contribution in [0.25, 0.3) is 0 Å². The van der Waals surface area contributed by atoms with E-state index in [9.17, 15) is 14.4 Å². The van der Waals surface area contributed by atoms with Crippen molar-refractivity contribution in [3.63, 3.8) is 0 Å². The third kappa shape index (κ3) is 3.27. The third-order valence-corrected chi connectivity index (χ3v) is 4.99. The van der Waals surface area contributed by atoms with Gasteiger partial charge in [-0.2, -0.15) is 0 Å². The highest BCUT2D eigenvalue weighted by Crippen LogP contribution is 2.34. The van der Waals surface area contributed by atoms with E-state index < -0.39 is 17.9 Å². The van der Waals surface area contributed by atoms with Crippen LogP contribution in [0.3, 0.4) is 0 Å². The predicted molar refractivity (Wildman–Crippen MR) is 79.4 cm³/mol. The molecule has 2 fully saturated rings. The molecule has 1 aliphatic carbocycles. The minimum atomic E-state index is -0.662. The van der Waals surface area contributed by atoms with E-state index in [4.69, 9.17) is 0 Å². The highest BCUT2D eigenvalue weighted by atomic mass is 16.2. The maximum atomic E-state index is 12.7. The van der Waals surface area contributed by atoms with Gasteiger partial charge in [-0.1, -0.05) is 33.1 Å². The molecule has 2 aliphatic rings. The van der Waals surface area contributed by atoms with Crippen LogP contribution in [0.5, 0.6) is 0 Å². The lowest BCUT2D eigenvalue weighted by molar-refractivity contribution is -0.146. The number of hydrogen-bond donors (Lipinski definition) is 1. The van der Waals surface area contributed by atoms with Gasteiger partial charge < -0.3 is 0 Å². The topological polar surface area (TPSA) is 66.5 Å². The van der Waals surface area contributed by atoms with Crippen molar-refractivity contribution in [1.82, 2.24) is 10.2 Å². The first-order valence-corrected chi connectivity index (χ1v) is 8.13. The molecule has 3 atom stereocenters. The normalized spacial score (nSPS) is 26.9. The summed E-state index contributed by atoms with van der Waals surface area (Å²) in [7, 11) is 0. The van der Waals surface area contributed by atoms with Gasteiger partial charge in [0.1, 0.15) is 5.92 Å². The van der Waals surface area contributed by atoms with Crippen LogP contribution < -0.4 is 5.32 Å². The Morgan fingerprint density at radius 2 is 1.81 bits per heavy atom. The van der Waals surface area contributed by atoms with Crippen LogP contribution in [0.2, 0.25) is 0 Å². The number of barbiturate groups is 1. The lowest BCUT2D eigenvalue weighted by atomic mass is 9.86. The average Bonchev–Trinajstić information content (AvgIpc) is 2.91. The summed E-state index contributed by atoms with van der Waals surface area (Å²) in [6, 6.07) is -0.709. The molecule has 5 nitrogen and oxygen atoms in total. The number of urea groups is 1. The van der Waals surface area contributed by atoms with Crippen molar-refractivity contribution in [1.29, 1.82) is 0 Å². The summed E-state index contributed by atoms with van der Waals surface area (Å²) >= 11 is 0. The first-order chi connectivity index (χ1) is 9.95. The fourth-order valence-corrected chi connectivity index (χ4v) is 3.58. The average molecular weight is 294 g/mol. The van der Waals surface area contributed by atoms with Gasteiger partial charge in [0, 0.05) is 6.04 Å². The van der Waals surface area contributed by atoms with Gasteiger partial charge in [0.05, 0.1) is 0 Å². The predicted octanol–water partition coefficient (Wildman–Crippen LogP) is 2.70. The number of hydrogen-bond acceptors (Lipinski definition) is 3. The van der Waals surface area contributed by atoms with Crippen LogP contribution in [0.15, 0.2) is 0 Å². The van der Waals surface area contributed by atoms with E-state index in [-0.39, 0.29) is 17.9 Å². The maximum Gasteiger partial charge on any atom is 0.331 e. The van der Waals surface area contributed by atoms with Gasteiger partial charge >= 0.3 is 6.03 Å². The number of carbonyl (C=O) groups excluding carboxylic acids is 3. The Balaban J connectivity index is 2.14. The largest absolute Gasteiger partial charge is 0.331 e. The van der Waals surface area contributed by atoms with Crippen LogP contribution in [0.1, 0.15) is 59.3 Å². The van der Waals surface area contributed by atoms with Crippen molar-refractivity contribution in [3.8, 4) is 0 Å². The monoisotopic (exact) mass is 294 g/mol. The first kappa shape index (κ1) is 16.0. The van der Waals surface area contributed by atoms with Crippen LogP contribution in [0.4, 0.5) is 4.79 Å². The maximum absolute atomic E-state index is 12.7. The first-order valence-electron chi connectivity index (χ1n) is 8.13. The Labute approximate surface area is 126 Å². The van der Waals surface area contributed by atoms with Crippen molar-refractivity contribution < 1.29 is 14.4 Å². The number of rotatable bonds is 5. The number of carbonyl (C=O) groups is 3. The Bertz CT molecular complexity index is 429. The molecule has 21 heavy (non-hydrogen) atoms. The fourth-order valence-electron chi connectivity index (χ4n) is 3.58. The lowest BCUT2D eigenvalue weighted by Crippen LogP contribution is -2.61. The number of amides is 4. The Kier molecular flexibility index (Phi) is 5.01. The summed E-state index contributed by atoms with van der Waals surface area (Å²) in [5.41, 5.74) is 0. The molecule has 118 valence electrons. The molecule has 1 aliphatic heterocycles.